The second-order valence-electron chi connectivity index (χ2n) is 6.39. The number of rotatable bonds is 5. The van der Waals surface area contributed by atoms with E-state index in [1.54, 1.807) is 36.3 Å². The van der Waals surface area contributed by atoms with Crippen LogP contribution in [0.25, 0.3) is 0 Å². The standard InChI is InChI=1S/C21H23NO4/c1-25-19-9-7-17(8-10-19)20(23)18-11-13-22(14-12-18)21(24)26-15-16-5-3-2-4-6-16/h2-10,18H,11-15H2,1H3. The molecule has 0 aromatic heterocycles. The molecule has 5 heteroatoms. The lowest BCUT2D eigenvalue weighted by Crippen LogP contribution is -2.40. The van der Waals surface area contributed by atoms with Crippen molar-refractivity contribution in [1.29, 1.82) is 0 Å². The van der Waals surface area contributed by atoms with Gasteiger partial charge in [0.15, 0.2) is 5.78 Å². The number of benzene rings is 2. The molecule has 0 bridgehead atoms. The zero-order chi connectivity index (χ0) is 18.4. The third-order valence-electron chi connectivity index (χ3n) is 4.70. The van der Waals surface area contributed by atoms with E-state index < -0.39 is 0 Å². The van der Waals surface area contributed by atoms with Gasteiger partial charge in [0, 0.05) is 24.6 Å². The molecule has 1 aliphatic heterocycles. The Bertz CT molecular complexity index is 734. The zero-order valence-corrected chi connectivity index (χ0v) is 14.9. The van der Waals surface area contributed by atoms with Gasteiger partial charge in [0.05, 0.1) is 7.11 Å². The number of carbonyl (C=O) groups excluding carboxylic acids is 2. The Kier molecular flexibility index (Phi) is 5.89. The summed E-state index contributed by atoms with van der Waals surface area (Å²) in [5.41, 5.74) is 1.65. The van der Waals surface area contributed by atoms with E-state index in [4.69, 9.17) is 9.47 Å². The van der Waals surface area contributed by atoms with E-state index in [1.165, 1.54) is 0 Å². The van der Waals surface area contributed by atoms with Crippen LogP contribution in [-0.4, -0.2) is 37.0 Å². The van der Waals surface area contributed by atoms with Crippen LogP contribution in [0.4, 0.5) is 4.79 Å². The van der Waals surface area contributed by atoms with E-state index >= 15 is 0 Å². The Morgan fingerprint density at radius 3 is 2.27 bits per heavy atom. The molecule has 0 radical (unpaired) electrons. The predicted molar refractivity (Wildman–Crippen MR) is 98.2 cm³/mol. The van der Waals surface area contributed by atoms with Crippen LogP contribution in [0.3, 0.4) is 0 Å². The molecule has 3 rings (SSSR count). The summed E-state index contributed by atoms with van der Waals surface area (Å²) in [5.74, 6) is 0.809. The Morgan fingerprint density at radius 2 is 1.65 bits per heavy atom. The maximum absolute atomic E-state index is 12.6. The molecule has 0 N–H and O–H groups in total. The van der Waals surface area contributed by atoms with E-state index in [-0.39, 0.29) is 24.4 Å². The molecule has 1 amide bonds. The van der Waals surface area contributed by atoms with Crippen molar-refractivity contribution in [1.82, 2.24) is 4.90 Å². The molecule has 0 spiro atoms. The van der Waals surface area contributed by atoms with Gasteiger partial charge in [-0.3, -0.25) is 4.79 Å². The Morgan fingerprint density at radius 1 is 1.00 bits per heavy atom. The Hall–Kier alpha value is -2.82. The van der Waals surface area contributed by atoms with Gasteiger partial charge in [-0.05, 0) is 42.7 Å². The normalized spacial score (nSPS) is 14.7. The summed E-state index contributed by atoms with van der Waals surface area (Å²) in [4.78, 5) is 26.5. The average molecular weight is 353 g/mol. The lowest BCUT2D eigenvalue weighted by atomic mass is 9.89. The van der Waals surface area contributed by atoms with Gasteiger partial charge >= 0.3 is 6.09 Å². The van der Waals surface area contributed by atoms with Crippen LogP contribution >= 0.6 is 0 Å². The molecule has 1 aliphatic rings. The number of carbonyl (C=O) groups is 2. The van der Waals surface area contributed by atoms with Crippen LogP contribution in [0.1, 0.15) is 28.8 Å². The van der Waals surface area contributed by atoms with Gasteiger partial charge in [0.2, 0.25) is 0 Å². The number of ketones is 1. The fourth-order valence-electron chi connectivity index (χ4n) is 3.13. The van der Waals surface area contributed by atoms with Crippen LogP contribution < -0.4 is 4.74 Å². The van der Waals surface area contributed by atoms with Crippen molar-refractivity contribution in [2.45, 2.75) is 19.4 Å². The van der Waals surface area contributed by atoms with Crippen LogP contribution in [0.15, 0.2) is 54.6 Å². The number of methoxy groups -OCH3 is 1. The molecule has 1 heterocycles. The minimum absolute atomic E-state index is 0.0541. The lowest BCUT2D eigenvalue weighted by molar-refractivity contribution is 0.0713. The quantitative estimate of drug-likeness (QED) is 0.765. The molecule has 1 saturated heterocycles. The van der Waals surface area contributed by atoms with Gasteiger partial charge in [-0.1, -0.05) is 30.3 Å². The molecule has 2 aromatic rings. The summed E-state index contributed by atoms with van der Waals surface area (Å²) < 4.78 is 10.5. The van der Waals surface area contributed by atoms with Crippen LogP contribution in [-0.2, 0) is 11.3 Å². The molecule has 136 valence electrons. The molecule has 5 nitrogen and oxygen atoms in total. The first-order valence-electron chi connectivity index (χ1n) is 8.81. The summed E-state index contributed by atoms with van der Waals surface area (Å²) in [5, 5.41) is 0. The largest absolute Gasteiger partial charge is 0.497 e. The highest BCUT2D eigenvalue weighted by Crippen LogP contribution is 2.23. The number of likely N-dealkylation sites (tertiary alicyclic amines) is 1. The number of amides is 1. The van der Waals surface area contributed by atoms with Gasteiger partial charge in [-0.2, -0.15) is 0 Å². The molecule has 1 fully saturated rings. The molecular formula is C21H23NO4. The van der Waals surface area contributed by atoms with Crippen molar-refractivity contribution in [2.75, 3.05) is 20.2 Å². The zero-order valence-electron chi connectivity index (χ0n) is 14.9. The van der Waals surface area contributed by atoms with Gasteiger partial charge < -0.3 is 14.4 Å². The molecule has 0 saturated carbocycles. The number of piperidine rings is 1. The third kappa shape index (κ3) is 4.42. The number of nitrogens with zero attached hydrogens (tertiary/aromatic N) is 1. The van der Waals surface area contributed by atoms with Crippen LogP contribution in [0.2, 0.25) is 0 Å². The average Bonchev–Trinajstić information content (AvgIpc) is 2.72. The van der Waals surface area contributed by atoms with Gasteiger partial charge in [0.1, 0.15) is 12.4 Å². The minimum atomic E-state index is -0.316. The van der Waals surface area contributed by atoms with E-state index in [0.29, 0.717) is 31.5 Å². The monoisotopic (exact) mass is 353 g/mol. The summed E-state index contributed by atoms with van der Waals surface area (Å²) in [6.07, 6.45) is 1.00. The van der Waals surface area contributed by atoms with Crippen molar-refractivity contribution in [3.05, 3.63) is 65.7 Å². The lowest BCUT2D eigenvalue weighted by Gasteiger charge is -2.30. The first kappa shape index (κ1) is 18.0. The summed E-state index contributed by atoms with van der Waals surface area (Å²) in [6.45, 7) is 1.35. The highest BCUT2D eigenvalue weighted by Gasteiger charge is 2.28. The first-order chi connectivity index (χ1) is 12.7. The van der Waals surface area contributed by atoms with E-state index in [2.05, 4.69) is 0 Å². The predicted octanol–water partition coefficient (Wildman–Crippen LogP) is 3.93. The molecule has 0 unspecified atom stereocenters. The highest BCUT2D eigenvalue weighted by atomic mass is 16.6. The van der Waals surface area contributed by atoms with Gasteiger partial charge in [-0.15, -0.1) is 0 Å². The highest BCUT2D eigenvalue weighted by molar-refractivity contribution is 5.98. The van der Waals surface area contributed by atoms with Crippen molar-refractivity contribution < 1.29 is 19.1 Å². The van der Waals surface area contributed by atoms with Gasteiger partial charge in [0.25, 0.3) is 0 Å². The number of ether oxygens (including phenoxy) is 2. The Balaban J connectivity index is 1.48. The summed E-state index contributed by atoms with van der Waals surface area (Å²) >= 11 is 0. The molecule has 26 heavy (non-hydrogen) atoms. The minimum Gasteiger partial charge on any atom is -0.497 e. The Labute approximate surface area is 153 Å². The first-order valence-corrected chi connectivity index (χ1v) is 8.81. The van der Waals surface area contributed by atoms with E-state index in [9.17, 15) is 9.59 Å². The number of hydrogen-bond donors (Lipinski definition) is 0. The van der Waals surface area contributed by atoms with E-state index in [0.717, 1.165) is 11.3 Å². The fraction of sp³-hybridized carbons (Fsp3) is 0.333. The maximum atomic E-state index is 12.6. The van der Waals surface area contributed by atoms with Crippen LogP contribution in [0.5, 0.6) is 5.75 Å². The van der Waals surface area contributed by atoms with Crippen molar-refractivity contribution in [3.8, 4) is 5.75 Å². The third-order valence-corrected chi connectivity index (χ3v) is 4.70. The second-order valence-corrected chi connectivity index (χ2v) is 6.39. The summed E-state index contributed by atoms with van der Waals surface area (Å²) in [6, 6.07) is 16.8. The van der Waals surface area contributed by atoms with E-state index in [1.807, 2.05) is 30.3 Å². The topological polar surface area (TPSA) is 55.8 Å². The fourth-order valence-corrected chi connectivity index (χ4v) is 3.13. The SMILES string of the molecule is COc1ccc(C(=O)C2CCN(C(=O)OCc3ccccc3)CC2)cc1. The number of hydrogen-bond acceptors (Lipinski definition) is 4. The number of Topliss-reactive ketones (excluding diaryl/α,β-unsaturated/α-hetero) is 1. The molecule has 2 aromatic carbocycles. The van der Waals surface area contributed by atoms with Crippen molar-refractivity contribution in [2.24, 2.45) is 5.92 Å². The maximum Gasteiger partial charge on any atom is 0.410 e. The summed E-state index contributed by atoms with van der Waals surface area (Å²) in [7, 11) is 1.60. The molecule has 0 atom stereocenters. The second kappa shape index (κ2) is 8.52. The molecule has 0 aliphatic carbocycles. The van der Waals surface area contributed by atoms with Crippen molar-refractivity contribution in [3.63, 3.8) is 0 Å². The van der Waals surface area contributed by atoms with Crippen LogP contribution in [0, 0.1) is 5.92 Å². The smallest absolute Gasteiger partial charge is 0.410 e. The van der Waals surface area contributed by atoms with Gasteiger partial charge in [-0.25, -0.2) is 4.79 Å². The van der Waals surface area contributed by atoms with Crippen molar-refractivity contribution >= 4 is 11.9 Å². The molecular weight excluding hydrogens is 330 g/mol.